The molecule has 4 aromatic rings. The Labute approximate surface area is 205 Å². The predicted octanol–water partition coefficient (Wildman–Crippen LogP) is 2.89. The standard InChI is InChI=1S/C25H25F2N7O2/c1-14-29-21-19(32(14)3)9-7-17(23(21)33-12-11-25(2,28)13-33)30-24(36)18-8-10-20(35)34(31-18)22-15(26)5-4-6-16(22)27/h4-10H,11-13,28H2,1-3H3,(H,30,36)/t25-/m0/s1. The molecule has 1 atom stereocenters. The average Bonchev–Trinajstić information content (AvgIpc) is 3.32. The zero-order valence-corrected chi connectivity index (χ0v) is 20.0. The molecule has 1 fully saturated rings. The van der Waals surface area contributed by atoms with Crippen LogP contribution in [0.5, 0.6) is 0 Å². The summed E-state index contributed by atoms with van der Waals surface area (Å²) >= 11 is 0. The van der Waals surface area contributed by atoms with E-state index in [9.17, 15) is 18.4 Å². The molecule has 0 radical (unpaired) electrons. The monoisotopic (exact) mass is 493 g/mol. The third-order valence-electron chi connectivity index (χ3n) is 6.50. The summed E-state index contributed by atoms with van der Waals surface area (Å²) in [5.74, 6) is -1.79. The highest BCUT2D eigenvalue weighted by Gasteiger charge is 2.33. The van der Waals surface area contributed by atoms with E-state index >= 15 is 0 Å². The number of benzene rings is 2. The number of aromatic nitrogens is 4. The number of hydrogen-bond donors (Lipinski definition) is 2. The SMILES string of the molecule is Cc1nc2c(N3CC[C@](C)(N)C3)c(NC(=O)c3ccc(=O)n(-c4c(F)cccc4F)n3)ccc2n1C. The Morgan fingerprint density at radius 3 is 2.50 bits per heavy atom. The molecule has 2 aromatic heterocycles. The lowest BCUT2D eigenvalue weighted by Gasteiger charge is -2.24. The number of aryl methyl sites for hydroxylation is 2. The molecule has 0 saturated carbocycles. The molecule has 1 saturated heterocycles. The largest absolute Gasteiger partial charge is 0.366 e. The summed E-state index contributed by atoms with van der Waals surface area (Å²) in [6, 6.07) is 9.08. The molecular weight excluding hydrogens is 468 g/mol. The number of rotatable bonds is 4. The van der Waals surface area contributed by atoms with E-state index in [-0.39, 0.29) is 5.69 Å². The van der Waals surface area contributed by atoms with Gasteiger partial charge in [-0.3, -0.25) is 9.59 Å². The van der Waals surface area contributed by atoms with E-state index in [4.69, 9.17) is 10.7 Å². The van der Waals surface area contributed by atoms with Crippen LogP contribution in [0.3, 0.4) is 0 Å². The molecule has 0 bridgehead atoms. The summed E-state index contributed by atoms with van der Waals surface area (Å²) in [5.41, 5.74) is 7.20. The van der Waals surface area contributed by atoms with Crippen LogP contribution in [0.4, 0.5) is 20.2 Å². The van der Waals surface area contributed by atoms with Gasteiger partial charge in [-0.1, -0.05) is 6.07 Å². The number of hydrogen-bond acceptors (Lipinski definition) is 6. The summed E-state index contributed by atoms with van der Waals surface area (Å²) in [5, 5.41) is 6.79. The molecule has 1 aliphatic rings. The van der Waals surface area contributed by atoms with Crippen LogP contribution in [-0.4, -0.2) is 43.9 Å². The van der Waals surface area contributed by atoms with Crippen LogP contribution in [0.1, 0.15) is 29.7 Å². The van der Waals surface area contributed by atoms with Gasteiger partial charge in [0.15, 0.2) is 11.6 Å². The number of nitrogens with one attached hydrogen (secondary N) is 1. The molecule has 36 heavy (non-hydrogen) atoms. The van der Waals surface area contributed by atoms with E-state index in [0.29, 0.717) is 23.5 Å². The smallest absolute Gasteiger partial charge is 0.276 e. The molecule has 2 aromatic carbocycles. The Hall–Kier alpha value is -4.12. The van der Waals surface area contributed by atoms with Gasteiger partial charge in [-0.05, 0) is 50.6 Å². The number of fused-ring (bicyclic) bond motifs is 1. The van der Waals surface area contributed by atoms with E-state index in [1.165, 1.54) is 12.1 Å². The molecule has 1 aliphatic heterocycles. The minimum absolute atomic E-state index is 0.189. The van der Waals surface area contributed by atoms with Crippen molar-refractivity contribution in [2.75, 3.05) is 23.3 Å². The highest BCUT2D eigenvalue weighted by Crippen LogP contribution is 2.38. The fraction of sp³-hybridized carbons (Fsp3) is 0.280. The zero-order valence-electron chi connectivity index (χ0n) is 20.0. The topological polar surface area (TPSA) is 111 Å². The molecule has 186 valence electrons. The van der Waals surface area contributed by atoms with Crippen molar-refractivity contribution in [2.24, 2.45) is 12.8 Å². The van der Waals surface area contributed by atoms with Gasteiger partial charge in [-0.2, -0.15) is 9.78 Å². The van der Waals surface area contributed by atoms with E-state index < -0.39 is 34.3 Å². The first kappa shape index (κ1) is 23.6. The van der Waals surface area contributed by atoms with Crippen LogP contribution in [0.2, 0.25) is 0 Å². The maximum Gasteiger partial charge on any atom is 0.276 e. The van der Waals surface area contributed by atoms with Gasteiger partial charge >= 0.3 is 0 Å². The Bertz CT molecular complexity index is 1550. The van der Waals surface area contributed by atoms with Gasteiger partial charge in [0.1, 0.15) is 22.7 Å². The van der Waals surface area contributed by atoms with Gasteiger partial charge in [0, 0.05) is 31.7 Å². The number of halogens is 2. The first-order valence-corrected chi connectivity index (χ1v) is 11.4. The normalized spacial score (nSPS) is 17.7. The molecule has 3 N–H and O–H groups in total. The van der Waals surface area contributed by atoms with Crippen LogP contribution in [-0.2, 0) is 7.05 Å². The molecule has 9 nitrogen and oxygen atoms in total. The van der Waals surface area contributed by atoms with Crippen LogP contribution >= 0.6 is 0 Å². The average molecular weight is 494 g/mol. The van der Waals surface area contributed by atoms with Crippen LogP contribution in [0, 0.1) is 18.6 Å². The maximum absolute atomic E-state index is 14.3. The second kappa shape index (κ2) is 8.52. The Morgan fingerprint density at radius 2 is 1.83 bits per heavy atom. The van der Waals surface area contributed by atoms with Gasteiger partial charge in [0.25, 0.3) is 11.5 Å². The van der Waals surface area contributed by atoms with Gasteiger partial charge in [-0.15, -0.1) is 0 Å². The van der Waals surface area contributed by atoms with Crippen molar-refractivity contribution in [3.05, 3.63) is 76.0 Å². The van der Waals surface area contributed by atoms with Crippen LogP contribution in [0.15, 0.2) is 47.3 Å². The quantitative estimate of drug-likeness (QED) is 0.452. The maximum atomic E-state index is 14.3. The minimum atomic E-state index is -0.973. The highest BCUT2D eigenvalue weighted by molar-refractivity contribution is 6.08. The molecule has 11 heteroatoms. The second-order valence-corrected chi connectivity index (χ2v) is 9.37. The number of carbonyl (C=O) groups is 1. The van der Waals surface area contributed by atoms with Crippen molar-refractivity contribution >= 4 is 28.3 Å². The van der Waals surface area contributed by atoms with E-state index in [2.05, 4.69) is 15.3 Å². The predicted molar refractivity (Wildman–Crippen MR) is 133 cm³/mol. The number of nitrogens with two attached hydrogens (primary N) is 1. The number of carbonyl (C=O) groups excluding carboxylic acids is 1. The lowest BCUT2D eigenvalue weighted by atomic mass is 10.0. The number of amides is 1. The van der Waals surface area contributed by atoms with Crippen molar-refractivity contribution in [2.45, 2.75) is 25.8 Å². The highest BCUT2D eigenvalue weighted by atomic mass is 19.1. The van der Waals surface area contributed by atoms with Crippen molar-refractivity contribution in [3.8, 4) is 5.69 Å². The summed E-state index contributed by atoms with van der Waals surface area (Å²) < 4.78 is 31.1. The molecule has 0 unspecified atom stereocenters. The summed E-state index contributed by atoms with van der Waals surface area (Å²) in [7, 11) is 1.92. The first-order chi connectivity index (χ1) is 17.1. The molecule has 5 rings (SSSR count). The fourth-order valence-corrected chi connectivity index (χ4v) is 4.53. The first-order valence-electron chi connectivity index (χ1n) is 11.4. The van der Waals surface area contributed by atoms with Gasteiger partial charge in [-0.25, -0.2) is 13.8 Å². The van der Waals surface area contributed by atoms with Crippen molar-refractivity contribution in [3.63, 3.8) is 0 Å². The van der Waals surface area contributed by atoms with Gasteiger partial charge in [0.2, 0.25) is 0 Å². The van der Waals surface area contributed by atoms with Crippen LogP contribution in [0.25, 0.3) is 16.7 Å². The molecule has 3 heterocycles. The van der Waals surface area contributed by atoms with Crippen molar-refractivity contribution in [1.82, 2.24) is 19.3 Å². The second-order valence-electron chi connectivity index (χ2n) is 9.37. The number of para-hydroxylation sites is 1. The Morgan fingerprint density at radius 1 is 1.11 bits per heavy atom. The van der Waals surface area contributed by atoms with Crippen molar-refractivity contribution in [1.29, 1.82) is 0 Å². The van der Waals surface area contributed by atoms with Gasteiger partial charge < -0.3 is 20.5 Å². The number of anilines is 2. The molecule has 1 amide bonds. The van der Waals surface area contributed by atoms with Gasteiger partial charge in [0.05, 0.1) is 16.9 Å². The third kappa shape index (κ3) is 4.01. The number of nitrogens with zero attached hydrogens (tertiary/aromatic N) is 5. The minimum Gasteiger partial charge on any atom is -0.366 e. The Balaban J connectivity index is 1.57. The zero-order chi connectivity index (χ0) is 25.8. The third-order valence-corrected chi connectivity index (χ3v) is 6.50. The number of imidazole rings is 1. The van der Waals surface area contributed by atoms with Crippen molar-refractivity contribution < 1.29 is 13.6 Å². The fourth-order valence-electron chi connectivity index (χ4n) is 4.53. The molecule has 0 spiro atoms. The molecular formula is C25H25F2N7O2. The summed E-state index contributed by atoms with van der Waals surface area (Å²) in [4.78, 5) is 32.4. The summed E-state index contributed by atoms with van der Waals surface area (Å²) in [6.07, 6.45) is 0.767. The van der Waals surface area contributed by atoms with Crippen LogP contribution < -0.4 is 21.5 Å². The van der Waals surface area contributed by atoms with E-state index in [1.54, 1.807) is 6.07 Å². The van der Waals surface area contributed by atoms with E-state index in [1.807, 2.05) is 31.5 Å². The van der Waals surface area contributed by atoms with E-state index in [0.717, 1.165) is 47.2 Å². The lowest BCUT2D eigenvalue weighted by Crippen LogP contribution is -2.39. The Kier molecular flexibility index (Phi) is 5.59. The lowest BCUT2D eigenvalue weighted by molar-refractivity contribution is 0.102. The summed E-state index contributed by atoms with van der Waals surface area (Å²) in [6.45, 7) is 5.12. The molecule has 0 aliphatic carbocycles.